The first-order valence-corrected chi connectivity index (χ1v) is 15.6. The van der Waals surface area contributed by atoms with E-state index >= 15 is 4.79 Å². The van der Waals surface area contributed by atoms with E-state index < -0.39 is 39.5 Å². The van der Waals surface area contributed by atoms with Crippen LogP contribution in [0.15, 0.2) is 65.8 Å². The van der Waals surface area contributed by atoms with Crippen molar-refractivity contribution in [3.05, 3.63) is 77.1 Å². The molecule has 15 heteroatoms. The molecule has 0 bridgehead atoms. The first-order chi connectivity index (χ1) is 21.5. The van der Waals surface area contributed by atoms with Crippen LogP contribution in [-0.4, -0.2) is 97.1 Å². The van der Waals surface area contributed by atoms with Crippen LogP contribution in [-0.2, 0) is 25.2 Å². The highest BCUT2D eigenvalue weighted by atomic mass is 35.5. The number of carbonyl (C=O) groups excluding carboxylic acids is 2. The number of fused-ring (bicyclic) bond motifs is 2. The Morgan fingerprint density at radius 1 is 1.09 bits per heavy atom. The average Bonchev–Trinajstić information content (AvgIpc) is 3.54. The number of aliphatic hydroxyl groups excluding tert-OH is 1. The Hall–Kier alpha value is -4.37. The molecule has 1 saturated heterocycles. The number of amides is 2. The van der Waals surface area contributed by atoms with Gasteiger partial charge in [-0.2, -0.15) is 4.98 Å². The van der Waals surface area contributed by atoms with E-state index in [4.69, 9.17) is 21.1 Å². The number of hydrogen-bond donors (Lipinski definition) is 1. The van der Waals surface area contributed by atoms with Crippen LogP contribution in [0.5, 0.6) is 11.9 Å². The number of anilines is 1. The summed E-state index contributed by atoms with van der Waals surface area (Å²) in [5, 5.41) is 11.7. The van der Waals surface area contributed by atoms with Gasteiger partial charge in [-0.1, -0.05) is 29.8 Å². The number of pyridine rings is 1. The smallest absolute Gasteiger partial charge is 0.319 e. The van der Waals surface area contributed by atoms with Crippen LogP contribution >= 0.6 is 11.6 Å². The molecule has 1 unspecified atom stereocenters. The molecule has 4 aromatic rings. The number of methoxy groups -OCH3 is 2. The molecule has 6 rings (SSSR count). The highest BCUT2D eigenvalue weighted by molar-refractivity contribution is 7.93. The number of aliphatic hydroxyl groups is 1. The lowest BCUT2D eigenvalue weighted by molar-refractivity contribution is -0.138. The Morgan fingerprint density at radius 3 is 2.56 bits per heavy atom. The molecule has 2 amide bonds. The lowest BCUT2D eigenvalue weighted by atomic mass is 9.82. The van der Waals surface area contributed by atoms with Gasteiger partial charge in [0, 0.05) is 49.0 Å². The molecule has 234 valence electrons. The molecule has 2 aromatic heterocycles. The van der Waals surface area contributed by atoms with Gasteiger partial charge >= 0.3 is 6.01 Å². The van der Waals surface area contributed by atoms with E-state index in [0.717, 1.165) is 0 Å². The van der Waals surface area contributed by atoms with Gasteiger partial charge in [0.15, 0.2) is 5.54 Å². The molecule has 45 heavy (non-hydrogen) atoms. The average molecular weight is 653 g/mol. The van der Waals surface area contributed by atoms with Gasteiger partial charge in [-0.15, -0.1) is 0 Å². The number of halogens is 1. The summed E-state index contributed by atoms with van der Waals surface area (Å²) in [4.78, 5) is 44.4. The number of β-amino-alcohol motifs (C(OH)–C–C–N with tert-alkyl or cyclic N) is 1. The SMILES string of the molecule is COc1ncc(C2(N3C[C@H](O)C[C@H]3C(=O)N(C)C)C(=O)N(S(=O)(=O)c3cccc4cccnc34)c3ccc(Cl)cc32)c(OC)n1. The molecule has 0 aliphatic carbocycles. The Balaban J connectivity index is 1.70. The summed E-state index contributed by atoms with van der Waals surface area (Å²) in [6.45, 7) is -0.180. The minimum atomic E-state index is -4.66. The van der Waals surface area contributed by atoms with Gasteiger partial charge in [0.2, 0.25) is 11.8 Å². The second kappa shape index (κ2) is 11.2. The molecule has 2 aromatic carbocycles. The number of benzene rings is 2. The Bertz CT molecular complexity index is 1950. The van der Waals surface area contributed by atoms with Crippen LogP contribution in [0, 0.1) is 0 Å². The van der Waals surface area contributed by atoms with E-state index in [0.29, 0.717) is 9.69 Å². The predicted molar refractivity (Wildman–Crippen MR) is 164 cm³/mol. The van der Waals surface area contributed by atoms with Gasteiger partial charge in [0.25, 0.3) is 15.9 Å². The van der Waals surface area contributed by atoms with E-state index in [9.17, 15) is 18.3 Å². The van der Waals surface area contributed by atoms with Crippen molar-refractivity contribution >= 4 is 50.0 Å². The number of para-hydroxylation sites is 1. The van der Waals surface area contributed by atoms with Crippen LogP contribution in [0.1, 0.15) is 17.5 Å². The van der Waals surface area contributed by atoms with Crippen LogP contribution in [0.4, 0.5) is 5.69 Å². The molecule has 0 saturated carbocycles. The van der Waals surface area contributed by atoms with Crippen molar-refractivity contribution in [1.82, 2.24) is 24.8 Å². The molecule has 13 nitrogen and oxygen atoms in total. The van der Waals surface area contributed by atoms with Crippen LogP contribution in [0.3, 0.4) is 0 Å². The summed E-state index contributed by atoms with van der Waals surface area (Å²) in [7, 11) is 1.13. The molecule has 0 radical (unpaired) electrons. The summed E-state index contributed by atoms with van der Waals surface area (Å²) < 4.78 is 40.9. The molecule has 1 N–H and O–H groups in total. The number of likely N-dealkylation sites (N-methyl/N-ethyl adjacent to an activating group) is 1. The predicted octanol–water partition coefficient (Wildman–Crippen LogP) is 2.20. The van der Waals surface area contributed by atoms with Gasteiger partial charge in [-0.05, 0) is 36.8 Å². The van der Waals surface area contributed by atoms with Crippen molar-refractivity contribution in [3.8, 4) is 11.9 Å². The number of carbonyl (C=O) groups is 2. The van der Waals surface area contributed by atoms with Crippen LogP contribution in [0.2, 0.25) is 5.02 Å². The molecule has 3 atom stereocenters. The maximum Gasteiger partial charge on any atom is 0.319 e. The quantitative estimate of drug-likeness (QED) is 0.312. The summed E-state index contributed by atoms with van der Waals surface area (Å²) in [5.74, 6) is -1.48. The van der Waals surface area contributed by atoms with Crippen molar-refractivity contribution in [2.24, 2.45) is 0 Å². The Morgan fingerprint density at radius 2 is 1.84 bits per heavy atom. The highest BCUT2D eigenvalue weighted by Crippen LogP contribution is 2.54. The van der Waals surface area contributed by atoms with Gasteiger partial charge in [0.05, 0.1) is 43.1 Å². The number of aromatic nitrogens is 3. The van der Waals surface area contributed by atoms with E-state index in [-0.39, 0.29) is 57.1 Å². The van der Waals surface area contributed by atoms with Crippen molar-refractivity contribution in [2.45, 2.75) is 29.0 Å². The van der Waals surface area contributed by atoms with E-state index in [2.05, 4.69) is 15.0 Å². The first kappa shape index (κ1) is 30.6. The Kier molecular flexibility index (Phi) is 7.64. The molecule has 0 spiro atoms. The molecule has 4 heterocycles. The number of hydrogen-bond acceptors (Lipinski definition) is 11. The zero-order valence-corrected chi connectivity index (χ0v) is 26.3. The highest BCUT2D eigenvalue weighted by Gasteiger charge is 2.64. The molecule has 1 fully saturated rings. The minimum Gasteiger partial charge on any atom is -0.481 e. The number of sulfonamides is 1. The minimum absolute atomic E-state index is 0.00681. The third kappa shape index (κ3) is 4.59. The largest absolute Gasteiger partial charge is 0.481 e. The first-order valence-electron chi connectivity index (χ1n) is 13.8. The maximum absolute atomic E-state index is 15.3. The summed E-state index contributed by atoms with van der Waals surface area (Å²) >= 11 is 6.53. The van der Waals surface area contributed by atoms with Crippen molar-refractivity contribution in [3.63, 3.8) is 0 Å². The number of likely N-dealkylation sites (tertiary alicyclic amines) is 1. The lowest BCUT2D eigenvalue weighted by Crippen LogP contribution is -2.59. The van der Waals surface area contributed by atoms with Crippen LogP contribution in [0.25, 0.3) is 10.9 Å². The second-order valence-corrected chi connectivity index (χ2v) is 13.0. The summed E-state index contributed by atoms with van der Waals surface area (Å²) in [6.07, 6.45) is 1.70. The van der Waals surface area contributed by atoms with Gasteiger partial charge < -0.3 is 19.5 Å². The van der Waals surface area contributed by atoms with Gasteiger partial charge in [0.1, 0.15) is 4.90 Å². The van der Waals surface area contributed by atoms with Crippen molar-refractivity contribution < 1.29 is 32.6 Å². The third-order valence-corrected chi connectivity index (χ3v) is 10.1. The number of nitrogens with zero attached hydrogens (tertiary/aromatic N) is 6. The lowest BCUT2D eigenvalue weighted by Gasteiger charge is -2.41. The topological polar surface area (TPSA) is 155 Å². The second-order valence-electron chi connectivity index (χ2n) is 10.8. The molecule has 2 aliphatic rings. The van der Waals surface area contributed by atoms with Gasteiger partial charge in [-0.25, -0.2) is 17.7 Å². The number of rotatable bonds is 7. The number of ether oxygens (including phenoxy) is 2. The fourth-order valence-electron chi connectivity index (χ4n) is 6.23. The standard InChI is InChI=1S/C30H29ClN6O7S/c1-35(2)27(39)23-14-19(38)16-36(23)30(21-15-33-29(44-4)34-26(21)43-3)20-13-18(31)10-11-22(20)37(28(30)40)45(41,42)24-9-5-7-17-8-6-12-32-25(17)24/h5-13,15,19,23,38H,14,16H2,1-4H3/t19-,23+,30?/m1/s1. The summed E-state index contributed by atoms with van der Waals surface area (Å²) in [5.41, 5.74) is -1.78. The fourth-order valence-corrected chi connectivity index (χ4v) is 8.03. The summed E-state index contributed by atoms with van der Waals surface area (Å²) in [6, 6.07) is 11.3. The molecular formula is C30H29ClN6O7S. The zero-order valence-electron chi connectivity index (χ0n) is 24.7. The van der Waals surface area contributed by atoms with E-state index in [1.807, 2.05) is 0 Å². The molecular weight excluding hydrogens is 624 g/mol. The van der Waals surface area contributed by atoms with Crippen LogP contribution < -0.4 is 13.8 Å². The Labute approximate surface area is 264 Å². The monoisotopic (exact) mass is 652 g/mol. The third-order valence-electron chi connectivity index (χ3n) is 8.11. The molecule has 2 aliphatic heterocycles. The maximum atomic E-state index is 15.3. The van der Waals surface area contributed by atoms with E-state index in [1.54, 1.807) is 38.4 Å². The van der Waals surface area contributed by atoms with E-state index in [1.165, 1.54) is 60.7 Å². The fraction of sp³-hybridized carbons (Fsp3) is 0.300. The normalized spacial score (nSPS) is 21.6. The van der Waals surface area contributed by atoms with Crippen molar-refractivity contribution in [2.75, 3.05) is 39.2 Å². The van der Waals surface area contributed by atoms with Gasteiger partial charge in [-0.3, -0.25) is 19.5 Å². The zero-order chi connectivity index (χ0) is 32.3. The van der Waals surface area contributed by atoms with Crippen molar-refractivity contribution in [1.29, 1.82) is 0 Å².